The first kappa shape index (κ1) is 12.0. The second kappa shape index (κ2) is 4.25. The number of hydrogen-bond acceptors (Lipinski definition) is 3. The van der Waals surface area contributed by atoms with E-state index in [1.54, 1.807) is 12.3 Å². The van der Waals surface area contributed by atoms with Gasteiger partial charge in [-0.05, 0) is 35.2 Å². The molecule has 0 saturated heterocycles. The van der Waals surface area contributed by atoms with Gasteiger partial charge in [-0.2, -0.15) is 5.26 Å². The minimum Gasteiger partial charge on any atom is -0.369 e. The Morgan fingerprint density at radius 3 is 3.22 bits per heavy atom. The van der Waals surface area contributed by atoms with E-state index in [2.05, 4.69) is 32.3 Å². The number of nitrogens with zero attached hydrogens (tertiary/aromatic N) is 2. The molecule has 18 heavy (non-hydrogen) atoms. The van der Waals surface area contributed by atoms with Gasteiger partial charge >= 0.3 is 0 Å². The zero-order chi connectivity index (χ0) is 12.8. The van der Waals surface area contributed by atoms with Gasteiger partial charge in [-0.1, -0.05) is 17.2 Å². The molecule has 5 heteroatoms. The predicted molar refractivity (Wildman–Crippen MR) is 74.7 cm³/mol. The van der Waals surface area contributed by atoms with Gasteiger partial charge in [0.15, 0.2) is 0 Å². The summed E-state index contributed by atoms with van der Waals surface area (Å²) in [7, 11) is 0. The predicted octanol–water partition coefficient (Wildman–Crippen LogP) is 3.79. The van der Waals surface area contributed by atoms with E-state index in [9.17, 15) is 0 Å². The lowest BCUT2D eigenvalue weighted by molar-refractivity contribution is 0.496. The van der Waals surface area contributed by atoms with Gasteiger partial charge in [0, 0.05) is 29.8 Å². The molecule has 92 valence electrons. The Bertz CT molecular complexity index is 591. The van der Waals surface area contributed by atoms with Gasteiger partial charge in [0.05, 0.1) is 15.6 Å². The molecule has 0 amide bonds. The van der Waals surface area contributed by atoms with Crippen molar-refractivity contribution >= 4 is 33.3 Å². The van der Waals surface area contributed by atoms with Crippen LogP contribution in [0.3, 0.4) is 0 Å². The van der Waals surface area contributed by atoms with Gasteiger partial charge < -0.3 is 5.32 Å². The quantitative estimate of drug-likeness (QED) is 0.739. The van der Waals surface area contributed by atoms with E-state index in [0.717, 1.165) is 46.7 Å². The lowest BCUT2D eigenvalue weighted by Gasteiger charge is -2.23. The number of halogens is 2. The van der Waals surface area contributed by atoms with Crippen LogP contribution in [0, 0.1) is 11.3 Å². The number of nitrogens with one attached hydrogen (secondary N) is 1. The van der Waals surface area contributed by atoms with Crippen molar-refractivity contribution in [2.45, 2.75) is 24.7 Å². The fourth-order valence-electron chi connectivity index (χ4n) is 3.02. The van der Waals surface area contributed by atoms with Crippen LogP contribution < -0.4 is 5.32 Å². The van der Waals surface area contributed by atoms with Gasteiger partial charge in [-0.25, -0.2) is 4.98 Å². The van der Waals surface area contributed by atoms with Crippen molar-refractivity contribution in [2.24, 2.45) is 0 Å². The number of rotatable bonds is 0. The molecule has 3 nitrogen and oxygen atoms in total. The molecule has 2 heterocycles. The maximum absolute atomic E-state index is 8.76. The number of pyridine rings is 1. The molecule has 1 fully saturated rings. The van der Waals surface area contributed by atoms with E-state index >= 15 is 0 Å². The summed E-state index contributed by atoms with van der Waals surface area (Å²) in [6.07, 6.45) is 6.30. The molecule has 0 aromatic carbocycles. The van der Waals surface area contributed by atoms with Gasteiger partial charge in [0.1, 0.15) is 5.82 Å². The highest BCUT2D eigenvalue weighted by Gasteiger charge is 2.45. The van der Waals surface area contributed by atoms with E-state index in [-0.39, 0.29) is 5.41 Å². The topological polar surface area (TPSA) is 48.7 Å². The summed E-state index contributed by atoms with van der Waals surface area (Å²) < 4.78 is 0.837. The van der Waals surface area contributed by atoms with E-state index in [1.807, 2.05) is 0 Å². The van der Waals surface area contributed by atoms with Crippen molar-refractivity contribution in [3.05, 3.63) is 32.9 Å². The van der Waals surface area contributed by atoms with Crippen molar-refractivity contribution in [1.82, 2.24) is 4.98 Å². The standard InChI is InChI=1S/C13H11BrClN3/c14-9-6-17-12-10(11(9)15)13(7-18-12)3-1-8(5-13)2-4-16/h2,6H,1,3,5,7H2,(H,17,18)/b8-2+. The van der Waals surface area contributed by atoms with Crippen LogP contribution in [0.1, 0.15) is 24.8 Å². The van der Waals surface area contributed by atoms with E-state index in [0.29, 0.717) is 0 Å². The molecule has 1 aliphatic carbocycles. The van der Waals surface area contributed by atoms with Crippen LogP contribution in [0.25, 0.3) is 0 Å². The van der Waals surface area contributed by atoms with Crippen LogP contribution in [0.15, 0.2) is 22.3 Å². The van der Waals surface area contributed by atoms with E-state index in [1.165, 1.54) is 5.57 Å². The van der Waals surface area contributed by atoms with Gasteiger partial charge in [0.2, 0.25) is 0 Å². The van der Waals surface area contributed by atoms with Gasteiger partial charge in [-0.15, -0.1) is 0 Å². The first-order valence-corrected chi connectivity index (χ1v) is 6.99. The SMILES string of the molecule is N#C/C=C1\CCC2(CNc3ncc(Br)c(Cl)c32)C1. The Morgan fingerprint density at radius 2 is 2.44 bits per heavy atom. The summed E-state index contributed by atoms with van der Waals surface area (Å²) >= 11 is 9.86. The maximum Gasteiger partial charge on any atom is 0.131 e. The smallest absolute Gasteiger partial charge is 0.131 e. The Hall–Kier alpha value is -1.05. The van der Waals surface area contributed by atoms with Crippen molar-refractivity contribution in [3.8, 4) is 6.07 Å². The molecule has 2 aliphatic rings. The summed E-state index contributed by atoms with van der Waals surface area (Å²) in [4.78, 5) is 4.38. The summed E-state index contributed by atoms with van der Waals surface area (Å²) in [5, 5.41) is 12.9. The van der Waals surface area contributed by atoms with Crippen LogP contribution in [-0.2, 0) is 5.41 Å². The number of fused-ring (bicyclic) bond motifs is 2. The Kier molecular flexibility index (Phi) is 2.84. The van der Waals surface area contributed by atoms with E-state index in [4.69, 9.17) is 16.9 Å². The monoisotopic (exact) mass is 323 g/mol. The molecule has 1 aromatic heterocycles. The third-order valence-corrected chi connectivity index (χ3v) is 5.08. The maximum atomic E-state index is 8.76. The molecule has 0 radical (unpaired) electrons. The summed E-state index contributed by atoms with van der Waals surface area (Å²) in [5.74, 6) is 0.890. The average molecular weight is 325 g/mol. The molecule has 3 rings (SSSR count). The van der Waals surface area contributed by atoms with Gasteiger partial charge in [0.25, 0.3) is 0 Å². The minimum atomic E-state index is 0.0197. The summed E-state index contributed by atoms with van der Waals surface area (Å²) in [6, 6.07) is 2.13. The summed E-state index contributed by atoms with van der Waals surface area (Å²) in [6.45, 7) is 0.855. The molecule has 0 bridgehead atoms. The van der Waals surface area contributed by atoms with Crippen LogP contribution in [-0.4, -0.2) is 11.5 Å². The van der Waals surface area contributed by atoms with Crippen molar-refractivity contribution in [2.75, 3.05) is 11.9 Å². The van der Waals surface area contributed by atoms with Crippen molar-refractivity contribution < 1.29 is 0 Å². The summed E-state index contributed by atoms with van der Waals surface area (Å²) in [5.41, 5.74) is 2.34. The molecule has 1 aliphatic heterocycles. The minimum absolute atomic E-state index is 0.0197. The number of nitriles is 1. The van der Waals surface area contributed by atoms with Crippen LogP contribution in [0.2, 0.25) is 5.02 Å². The van der Waals surface area contributed by atoms with Crippen molar-refractivity contribution in [3.63, 3.8) is 0 Å². The third-order valence-electron chi connectivity index (χ3n) is 3.86. The van der Waals surface area contributed by atoms with Crippen LogP contribution in [0.5, 0.6) is 0 Å². The zero-order valence-corrected chi connectivity index (χ0v) is 12.0. The highest BCUT2D eigenvalue weighted by molar-refractivity contribution is 9.10. The molecule has 1 saturated carbocycles. The molecular weight excluding hydrogens is 314 g/mol. The molecule has 1 spiro atoms. The lowest BCUT2D eigenvalue weighted by atomic mass is 9.81. The first-order valence-electron chi connectivity index (χ1n) is 5.82. The lowest BCUT2D eigenvalue weighted by Crippen LogP contribution is -2.24. The second-order valence-electron chi connectivity index (χ2n) is 4.89. The third kappa shape index (κ3) is 1.65. The van der Waals surface area contributed by atoms with E-state index < -0.39 is 0 Å². The molecule has 1 atom stereocenters. The van der Waals surface area contributed by atoms with Crippen molar-refractivity contribution in [1.29, 1.82) is 5.26 Å². The molecule has 1 N–H and O–H groups in total. The second-order valence-corrected chi connectivity index (χ2v) is 6.12. The highest BCUT2D eigenvalue weighted by Crippen LogP contribution is 2.52. The number of hydrogen-bond donors (Lipinski definition) is 1. The van der Waals surface area contributed by atoms with Crippen LogP contribution >= 0.6 is 27.5 Å². The Balaban J connectivity index is 2.08. The molecular formula is C13H11BrClN3. The number of anilines is 1. The fourth-order valence-corrected chi connectivity index (χ4v) is 3.65. The first-order chi connectivity index (χ1) is 8.66. The van der Waals surface area contributed by atoms with Crippen LogP contribution in [0.4, 0.5) is 5.82 Å². The zero-order valence-electron chi connectivity index (χ0n) is 9.63. The number of aromatic nitrogens is 1. The normalized spacial score (nSPS) is 27.3. The molecule has 1 aromatic rings. The molecule has 1 unspecified atom stereocenters. The Morgan fingerprint density at radius 1 is 1.61 bits per heavy atom. The number of allylic oxidation sites excluding steroid dienone is 2. The average Bonchev–Trinajstić information content (AvgIpc) is 2.91. The Labute approximate surface area is 119 Å². The van der Waals surface area contributed by atoms with Gasteiger partial charge in [-0.3, -0.25) is 0 Å². The highest BCUT2D eigenvalue weighted by atomic mass is 79.9. The largest absolute Gasteiger partial charge is 0.369 e. The fraction of sp³-hybridized carbons (Fsp3) is 0.385.